The Balaban J connectivity index is 1.50. The maximum Gasteiger partial charge on any atom is 0.255 e. The van der Waals surface area contributed by atoms with Gasteiger partial charge in [-0.2, -0.15) is 0 Å². The van der Waals surface area contributed by atoms with Crippen molar-refractivity contribution in [3.63, 3.8) is 0 Å². The third kappa shape index (κ3) is 3.90. The molecule has 9 heteroatoms. The molecule has 0 radical (unpaired) electrons. The van der Waals surface area contributed by atoms with Crippen molar-refractivity contribution >= 4 is 22.5 Å². The van der Waals surface area contributed by atoms with Crippen LogP contribution < -0.4 is 15.2 Å². The zero-order valence-electron chi connectivity index (χ0n) is 18.8. The van der Waals surface area contributed by atoms with Crippen LogP contribution in [-0.2, 0) is 11.8 Å². The summed E-state index contributed by atoms with van der Waals surface area (Å²) in [7, 11) is 3.21. The molecule has 1 unspecified atom stereocenters. The molecule has 2 aromatic heterocycles. The van der Waals surface area contributed by atoms with Crippen LogP contribution in [0.3, 0.4) is 0 Å². The molecule has 0 bridgehead atoms. The summed E-state index contributed by atoms with van der Waals surface area (Å²) in [5.41, 5.74) is 1.27. The molecule has 9 nitrogen and oxygen atoms in total. The predicted octanol–water partition coefficient (Wildman–Crippen LogP) is 2.49. The Hall–Kier alpha value is -4.11. The maximum absolute atomic E-state index is 13.7. The predicted molar refractivity (Wildman–Crippen MR) is 127 cm³/mol. The molecule has 1 aliphatic rings. The van der Waals surface area contributed by atoms with Crippen molar-refractivity contribution < 1.29 is 14.3 Å². The van der Waals surface area contributed by atoms with Crippen LogP contribution in [0.15, 0.2) is 65.8 Å². The third-order valence-electron chi connectivity index (χ3n) is 5.95. The monoisotopic (exact) mass is 457 g/mol. The molecule has 1 atom stereocenters. The van der Waals surface area contributed by atoms with Crippen molar-refractivity contribution in [1.29, 1.82) is 0 Å². The van der Waals surface area contributed by atoms with Crippen molar-refractivity contribution in [3.05, 3.63) is 77.0 Å². The largest absolute Gasteiger partial charge is 0.496 e. The average Bonchev–Trinajstić information content (AvgIpc) is 2.89. The highest BCUT2D eigenvalue weighted by Crippen LogP contribution is 2.30. The van der Waals surface area contributed by atoms with Crippen molar-refractivity contribution in [1.82, 2.24) is 19.5 Å². The number of hydrogen-bond donors (Lipinski definition) is 0. The Morgan fingerprint density at radius 2 is 2.00 bits per heavy atom. The van der Waals surface area contributed by atoms with Crippen molar-refractivity contribution in [2.45, 2.75) is 6.10 Å². The van der Waals surface area contributed by atoms with Gasteiger partial charge >= 0.3 is 0 Å². The van der Waals surface area contributed by atoms with Crippen LogP contribution in [0.1, 0.15) is 10.4 Å². The van der Waals surface area contributed by atoms with Gasteiger partial charge in [-0.15, -0.1) is 0 Å². The lowest BCUT2D eigenvalue weighted by atomic mass is 9.97. The van der Waals surface area contributed by atoms with Gasteiger partial charge in [-0.25, -0.2) is 15.0 Å². The Kier molecular flexibility index (Phi) is 5.77. The molecule has 0 spiro atoms. The van der Waals surface area contributed by atoms with E-state index in [1.54, 1.807) is 32.5 Å². The molecule has 172 valence electrons. The summed E-state index contributed by atoms with van der Waals surface area (Å²) in [5.74, 6) is 0.781. The van der Waals surface area contributed by atoms with Crippen LogP contribution in [0, 0.1) is 0 Å². The summed E-state index contributed by atoms with van der Waals surface area (Å²) < 4.78 is 12.9. The van der Waals surface area contributed by atoms with Crippen LogP contribution in [-0.4, -0.2) is 58.2 Å². The molecule has 5 rings (SSSR count). The molecule has 1 aliphatic heterocycles. The van der Waals surface area contributed by atoms with Gasteiger partial charge in [0, 0.05) is 25.9 Å². The number of carbonyl (C=O) groups excluding carboxylic acids is 1. The van der Waals surface area contributed by atoms with Crippen molar-refractivity contribution in [3.8, 4) is 17.1 Å². The summed E-state index contributed by atoms with van der Waals surface area (Å²) in [4.78, 5) is 41.1. The number of fused-ring (bicyclic) bond motifs is 1. The molecule has 2 aromatic carbocycles. The van der Waals surface area contributed by atoms with Crippen LogP contribution in [0.5, 0.6) is 5.75 Å². The van der Waals surface area contributed by atoms with Crippen LogP contribution in [0.25, 0.3) is 22.2 Å². The zero-order valence-corrected chi connectivity index (χ0v) is 18.8. The number of morpholine rings is 1. The van der Waals surface area contributed by atoms with E-state index >= 15 is 0 Å². The Bertz CT molecular complexity index is 1420. The van der Waals surface area contributed by atoms with Gasteiger partial charge in [0.2, 0.25) is 5.95 Å². The highest BCUT2D eigenvalue weighted by molar-refractivity contribution is 6.12. The number of nitrogens with zero attached hydrogens (tertiary/aromatic N) is 5. The minimum absolute atomic E-state index is 0.171. The van der Waals surface area contributed by atoms with Crippen LogP contribution in [0.2, 0.25) is 0 Å². The van der Waals surface area contributed by atoms with Gasteiger partial charge in [-0.3, -0.25) is 14.2 Å². The van der Waals surface area contributed by atoms with E-state index in [0.717, 1.165) is 10.8 Å². The Morgan fingerprint density at radius 1 is 1.15 bits per heavy atom. The molecule has 0 N–H and O–H groups in total. The number of ether oxygens (including phenoxy) is 2. The fraction of sp³-hybridized carbons (Fsp3) is 0.240. The number of hydrogen-bond acceptors (Lipinski definition) is 8. The van der Waals surface area contributed by atoms with E-state index < -0.39 is 6.10 Å². The van der Waals surface area contributed by atoms with E-state index in [4.69, 9.17) is 9.47 Å². The van der Waals surface area contributed by atoms with E-state index in [9.17, 15) is 9.59 Å². The molecule has 34 heavy (non-hydrogen) atoms. The summed E-state index contributed by atoms with van der Waals surface area (Å²) in [6.45, 7) is 1.06. The summed E-state index contributed by atoms with van der Waals surface area (Å²) in [5, 5.41) is 1.75. The number of methoxy groups -OCH3 is 1. The highest BCUT2D eigenvalue weighted by atomic mass is 16.5. The first kappa shape index (κ1) is 21.7. The Labute approximate surface area is 195 Å². The standard InChI is InChI=1S/C25H23N5O4/c1-29-22(31)13-19(18-9-10-26-15-27-18)28-25(29)30-11-12-34-21(14-30)24(32)23-17-6-4-3-5-16(17)7-8-20(23)33-2/h3-10,13,15,21H,11-12,14H2,1-2H3. The topological polar surface area (TPSA) is 99.4 Å². The van der Waals surface area contributed by atoms with Gasteiger partial charge in [0.15, 0.2) is 5.78 Å². The van der Waals surface area contributed by atoms with Gasteiger partial charge in [0.05, 0.1) is 37.2 Å². The molecule has 0 aliphatic carbocycles. The lowest BCUT2D eigenvalue weighted by Crippen LogP contribution is -2.48. The number of anilines is 1. The quantitative estimate of drug-likeness (QED) is 0.422. The van der Waals surface area contributed by atoms with Crippen molar-refractivity contribution in [2.75, 3.05) is 31.7 Å². The van der Waals surface area contributed by atoms with Crippen LogP contribution >= 0.6 is 0 Å². The lowest BCUT2D eigenvalue weighted by molar-refractivity contribution is 0.0336. The summed E-state index contributed by atoms with van der Waals surface area (Å²) in [6, 6.07) is 14.5. The second-order valence-corrected chi connectivity index (χ2v) is 7.97. The van der Waals surface area contributed by atoms with Gasteiger partial charge in [0.25, 0.3) is 5.56 Å². The number of rotatable bonds is 5. The van der Waals surface area contributed by atoms with Crippen LogP contribution in [0.4, 0.5) is 5.95 Å². The first-order valence-corrected chi connectivity index (χ1v) is 10.9. The maximum atomic E-state index is 13.7. The number of carbonyl (C=O) groups is 1. The number of ketones is 1. The van der Waals surface area contributed by atoms with Crippen molar-refractivity contribution in [2.24, 2.45) is 7.05 Å². The number of aromatic nitrogens is 4. The summed E-state index contributed by atoms with van der Waals surface area (Å²) >= 11 is 0. The minimum atomic E-state index is -0.743. The second-order valence-electron chi connectivity index (χ2n) is 7.97. The van der Waals surface area contributed by atoms with Gasteiger partial charge in [0.1, 0.15) is 18.2 Å². The van der Waals surface area contributed by atoms with Gasteiger partial charge < -0.3 is 14.4 Å². The zero-order chi connectivity index (χ0) is 23.7. The molecule has 0 saturated carbocycles. The first-order chi connectivity index (χ1) is 16.6. The van der Waals surface area contributed by atoms with E-state index in [2.05, 4.69) is 15.0 Å². The molecule has 1 saturated heterocycles. The van der Waals surface area contributed by atoms with E-state index in [0.29, 0.717) is 41.8 Å². The molecule has 1 fully saturated rings. The lowest BCUT2D eigenvalue weighted by Gasteiger charge is -2.34. The molecule has 4 aromatic rings. The van der Waals surface area contributed by atoms with E-state index in [1.807, 2.05) is 35.2 Å². The molecular weight excluding hydrogens is 434 g/mol. The van der Waals surface area contributed by atoms with Gasteiger partial charge in [-0.05, 0) is 22.9 Å². The second kappa shape index (κ2) is 9.03. The summed E-state index contributed by atoms with van der Waals surface area (Å²) in [6.07, 6.45) is 2.27. The number of Topliss-reactive ketones (excluding diaryl/α,β-unsaturated/α-hetero) is 1. The van der Waals surface area contributed by atoms with E-state index in [-0.39, 0.29) is 17.9 Å². The van der Waals surface area contributed by atoms with E-state index in [1.165, 1.54) is 17.0 Å². The normalized spacial score (nSPS) is 15.9. The highest BCUT2D eigenvalue weighted by Gasteiger charge is 2.32. The Morgan fingerprint density at radius 3 is 2.79 bits per heavy atom. The molecular formula is C25H23N5O4. The smallest absolute Gasteiger partial charge is 0.255 e. The third-order valence-corrected chi connectivity index (χ3v) is 5.95. The fourth-order valence-corrected chi connectivity index (χ4v) is 4.21. The first-order valence-electron chi connectivity index (χ1n) is 10.9. The average molecular weight is 457 g/mol. The minimum Gasteiger partial charge on any atom is -0.496 e. The molecule has 3 heterocycles. The fourth-order valence-electron chi connectivity index (χ4n) is 4.21. The van der Waals surface area contributed by atoms with Gasteiger partial charge in [-0.1, -0.05) is 30.3 Å². The SMILES string of the molecule is COc1ccc2ccccc2c1C(=O)C1CN(c2nc(-c3ccncn3)cc(=O)n2C)CCO1. The number of benzene rings is 2. The molecule has 0 amide bonds.